The molecule has 0 spiro atoms. The largest absolute Gasteiger partial charge is 0.471 e. The quantitative estimate of drug-likeness (QED) is 0.158. The fourth-order valence-corrected chi connectivity index (χ4v) is 3.54. The molecule has 0 radical (unpaired) electrons. The lowest BCUT2D eigenvalue weighted by Crippen LogP contribution is -2.47. The van der Waals surface area contributed by atoms with Crippen LogP contribution in [0.3, 0.4) is 0 Å². The predicted molar refractivity (Wildman–Crippen MR) is 148 cm³/mol. The molecule has 2 aromatic rings. The van der Waals surface area contributed by atoms with Crippen molar-refractivity contribution in [3.63, 3.8) is 0 Å². The van der Waals surface area contributed by atoms with Gasteiger partial charge in [0.15, 0.2) is 0 Å². The van der Waals surface area contributed by atoms with Crippen LogP contribution < -0.4 is 10.6 Å². The summed E-state index contributed by atoms with van der Waals surface area (Å²) in [5.74, 6) is -4.64. The molecule has 2 aromatic carbocycles. The Morgan fingerprint density at radius 3 is 1.19 bits per heavy atom. The van der Waals surface area contributed by atoms with Gasteiger partial charge in [-0.1, -0.05) is 0 Å². The van der Waals surface area contributed by atoms with E-state index in [4.69, 9.17) is 9.47 Å². The first-order valence-electron chi connectivity index (χ1n) is 13.4. The van der Waals surface area contributed by atoms with Crippen LogP contribution in [0.15, 0.2) is 48.5 Å². The Morgan fingerprint density at radius 1 is 0.604 bits per heavy atom. The molecular weight excluding hydrogens is 670 g/mol. The van der Waals surface area contributed by atoms with E-state index in [-0.39, 0.29) is 22.5 Å². The van der Waals surface area contributed by atoms with Crippen LogP contribution in [-0.2, 0) is 32.3 Å². The minimum atomic E-state index is -5.24. The van der Waals surface area contributed by atoms with Crippen molar-refractivity contribution in [2.75, 3.05) is 39.3 Å². The van der Waals surface area contributed by atoms with Crippen LogP contribution in [0.1, 0.15) is 11.1 Å². The van der Waals surface area contributed by atoms with Crippen LogP contribution in [0.2, 0.25) is 0 Å². The van der Waals surface area contributed by atoms with Crippen molar-refractivity contribution in [2.45, 2.75) is 25.6 Å². The van der Waals surface area contributed by atoms with Gasteiger partial charge in [0.1, 0.15) is 13.2 Å². The molecule has 0 atom stereocenters. The number of non-ortho nitro benzene ring substituents is 2. The van der Waals surface area contributed by atoms with Gasteiger partial charge in [-0.15, -0.1) is 0 Å². The average Bonchev–Trinajstić information content (AvgIpc) is 3.02. The highest BCUT2D eigenvalue weighted by Gasteiger charge is 2.39. The second-order valence-corrected chi connectivity index (χ2v) is 9.44. The summed E-state index contributed by atoms with van der Waals surface area (Å²) in [6, 6.07) is 9.51. The lowest BCUT2D eigenvalue weighted by molar-refractivity contribution is -0.385. The minimum absolute atomic E-state index is 0.265. The number of carbonyl (C=O) groups excluding carboxylic acids is 4. The number of benzene rings is 2. The lowest BCUT2D eigenvalue weighted by atomic mass is 10.2. The zero-order chi connectivity index (χ0) is 36.1. The SMILES string of the molecule is O=C(OCc1ccc([N+](=O)[O-])cc1)N(CCNC(=O)C(F)(F)F)CCN(CCNC(=O)C(F)(F)F)C(=O)OCc1ccc([N+](=O)[O-])cc1. The summed E-state index contributed by atoms with van der Waals surface area (Å²) in [6.07, 6.45) is -12.9. The fourth-order valence-electron chi connectivity index (χ4n) is 3.54. The second kappa shape index (κ2) is 17.3. The standard InChI is InChI=1S/C26H26F6N6O10/c27-25(28,29)21(39)33-9-11-35(23(41)47-15-17-1-5-19(6-2-17)37(43)44)13-14-36(12-10-34-22(40)26(30,31)32)24(42)48-16-18-3-7-20(8-4-18)38(45)46/h1-8H,9-16H2,(H,33,39)(H,34,40). The van der Waals surface area contributed by atoms with Crippen LogP contribution in [0.25, 0.3) is 0 Å². The Balaban J connectivity index is 2.16. The number of hydrogen-bond acceptors (Lipinski definition) is 10. The first-order chi connectivity index (χ1) is 22.4. The maximum absolute atomic E-state index is 12.8. The Bertz CT molecular complexity index is 1350. The number of nitro groups is 2. The van der Waals surface area contributed by atoms with E-state index in [1.54, 1.807) is 10.6 Å². The smallest absolute Gasteiger partial charge is 0.445 e. The summed E-state index contributed by atoms with van der Waals surface area (Å²) < 4.78 is 85.9. The highest BCUT2D eigenvalue weighted by molar-refractivity contribution is 5.82. The molecule has 0 saturated carbocycles. The molecule has 0 saturated heterocycles. The van der Waals surface area contributed by atoms with Gasteiger partial charge in [0.05, 0.1) is 9.85 Å². The summed E-state index contributed by atoms with van der Waals surface area (Å²) in [5, 5.41) is 24.7. The van der Waals surface area contributed by atoms with Gasteiger partial charge in [-0.3, -0.25) is 29.8 Å². The average molecular weight is 697 g/mol. The summed E-state index contributed by atoms with van der Waals surface area (Å²) >= 11 is 0. The summed E-state index contributed by atoms with van der Waals surface area (Å²) in [5.41, 5.74) is 0.0189. The maximum atomic E-state index is 12.8. The van der Waals surface area contributed by atoms with E-state index in [1.165, 1.54) is 24.3 Å². The van der Waals surface area contributed by atoms with Crippen LogP contribution in [0.4, 0.5) is 47.3 Å². The third kappa shape index (κ3) is 13.0. The molecule has 0 aliphatic carbocycles. The molecule has 22 heteroatoms. The number of amides is 4. The van der Waals surface area contributed by atoms with Gasteiger partial charge in [0, 0.05) is 63.5 Å². The third-order valence-corrected chi connectivity index (χ3v) is 6.02. The van der Waals surface area contributed by atoms with E-state index < -0.39 is 98.7 Å². The first kappa shape index (κ1) is 38.5. The molecule has 262 valence electrons. The third-order valence-electron chi connectivity index (χ3n) is 6.02. The van der Waals surface area contributed by atoms with Gasteiger partial charge in [0.2, 0.25) is 0 Å². The highest BCUT2D eigenvalue weighted by Crippen LogP contribution is 2.16. The molecule has 2 N–H and O–H groups in total. The molecule has 0 aromatic heterocycles. The highest BCUT2D eigenvalue weighted by atomic mass is 19.4. The van der Waals surface area contributed by atoms with Crippen molar-refractivity contribution < 1.29 is 64.8 Å². The van der Waals surface area contributed by atoms with Crippen LogP contribution >= 0.6 is 0 Å². The zero-order valence-corrected chi connectivity index (χ0v) is 24.4. The Hall–Kier alpha value is -5.70. The molecule has 0 fully saturated rings. The van der Waals surface area contributed by atoms with E-state index in [0.29, 0.717) is 0 Å². The van der Waals surface area contributed by atoms with Gasteiger partial charge in [0.25, 0.3) is 11.4 Å². The Morgan fingerprint density at radius 2 is 0.917 bits per heavy atom. The number of nitro benzene ring substituents is 2. The maximum Gasteiger partial charge on any atom is 0.471 e. The number of hydrogen-bond donors (Lipinski definition) is 2. The monoisotopic (exact) mass is 696 g/mol. The molecule has 0 heterocycles. The summed E-state index contributed by atoms with van der Waals surface area (Å²) in [7, 11) is 0. The van der Waals surface area contributed by atoms with Crippen LogP contribution in [0, 0.1) is 20.2 Å². The molecule has 4 amide bonds. The molecule has 16 nitrogen and oxygen atoms in total. The van der Waals surface area contributed by atoms with Crippen molar-refractivity contribution in [3.8, 4) is 0 Å². The van der Waals surface area contributed by atoms with Gasteiger partial charge < -0.3 is 29.9 Å². The number of nitrogens with zero attached hydrogens (tertiary/aromatic N) is 4. The van der Waals surface area contributed by atoms with Crippen molar-refractivity contribution in [1.82, 2.24) is 20.4 Å². The number of nitrogens with one attached hydrogen (secondary N) is 2. The predicted octanol–water partition coefficient (Wildman–Crippen LogP) is 3.44. The number of ether oxygens (including phenoxy) is 2. The topological polar surface area (TPSA) is 204 Å². The van der Waals surface area contributed by atoms with E-state index >= 15 is 0 Å². The molecule has 0 unspecified atom stereocenters. The van der Waals surface area contributed by atoms with E-state index in [0.717, 1.165) is 34.1 Å². The molecule has 48 heavy (non-hydrogen) atoms. The number of carbonyl (C=O) groups is 4. The van der Waals surface area contributed by atoms with E-state index in [1.807, 2.05) is 0 Å². The normalized spacial score (nSPS) is 11.2. The first-order valence-corrected chi connectivity index (χ1v) is 13.4. The van der Waals surface area contributed by atoms with E-state index in [9.17, 15) is 65.7 Å². The molecule has 0 aliphatic heterocycles. The van der Waals surface area contributed by atoms with Crippen molar-refractivity contribution in [2.24, 2.45) is 0 Å². The van der Waals surface area contributed by atoms with Gasteiger partial charge in [-0.2, -0.15) is 26.3 Å². The molecule has 0 aliphatic rings. The molecule has 2 rings (SSSR count). The van der Waals surface area contributed by atoms with Crippen LogP contribution in [-0.4, -0.2) is 95.3 Å². The second-order valence-electron chi connectivity index (χ2n) is 9.44. The number of alkyl halides is 6. The summed E-state index contributed by atoms with van der Waals surface area (Å²) in [4.78, 5) is 69.9. The Kier molecular flexibility index (Phi) is 13.9. The van der Waals surface area contributed by atoms with Crippen molar-refractivity contribution in [3.05, 3.63) is 79.9 Å². The lowest BCUT2D eigenvalue weighted by Gasteiger charge is -2.27. The number of rotatable bonds is 15. The summed E-state index contributed by atoms with van der Waals surface area (Å²) in [6.45, 7) is -4.75. The fraction of sp³-hybridized carbons (Fsp3) is 0.385. The van der Waals surface area contributed by atoms with Gasteiger partial charge in [-0.25, -0.2) is 9.59 Å². The molecule has 0 bridgehead atoms. The van der Waals surface area contributed by atoms with Crippen LogP contribution in [0.5, 0.6) is 0 Å². The van der Waals surface area contributed by atoms with Gasteiger partial charge in [-0.05, 0) is 35.4 Å². The van der Waals surface area contributed by atoms with E-state index in [2.05, 4.69) is 0 Å². The van der Waals surface area contributed by atoms with Crippen molar-refractivity contribution in [1.29, 1.82) is 0 Å². The number of halogens is 6. The minimum Gasteiger partial charge on any atom is -0.445 e. The zero-order valence-electron chi connectivity index (χ0n) is 24.4. The van der Waals surface area contributed by atoms with Gasteiger partial charge >= 0.3 is 36.4 Å². The van der Waals surface area contributed by atoms with Crippen molar-refractivity contribution >= 4 is 35.4 Å². The Labute approximate surface area is 265 Å². The molecular formula is C26H26F6N6O10.